The summed E-state index contributed by atoms with van der Waals surface area (Å²) in [6, 6.07) is 0. The second-order valence-corrected chi connectivity index (χ2v) is 3.69. The normalized spacial score (nSPS) is 8.53. The number of rotatable bonds is 2. The lowest BCUT2D eigenvalue weighted by Crippen LogP contribution is -2.03. The Morgan fingerprint density at radius 3 is 0.933 bits per heavy atom. The minimum absolute atomic E-state index is 0.231. The number of carboxylic acid groups (broad SMARTS) is 2. The molecule has 0 bridgehead atoms. The minimum Gasteiger partial charge on any atom is -0.481 e. The third-order valence-electron chi connectivity index (χ3n) is 0.988. The molecule has 0 saturated heterocycles. The van der Waals surface area contributed by atoms with E-state index in [9.17, 15) is 9.59 Å². The molecule has 0 aliphatic rings. The lowest BCUT2D eigenvalue weighted by Gasteiger charge is -1.89. The molecule has 0 heterocycles. The Labute approximate surface area is 92.3 Å². The van der Waals surface area contributed by atoms with Crippen LogP contribution in [0.2, 0.25) is 0 Å². The Morgan fingerprint density at radius 1 is 0.867 bits per heavy atom. The van der Waals surface area contributed by atoms with Gasteiger partial charge >= 0.3 is 11.9 Å². The van der Waals surface area contributed by atoms with Crippen molar-refractivity contribution in [3.8, 4) is 0 Å². The van der Waals surface area contributed by atoms with Crippen molar-refractivity contribution < 1.29 is 19.8 Å². The zero-order valence-corrected chi connectivity index (χ0v) is 10.6. The first-order valence-corrected chi connectivity index (χ1v) is 5.16. The van der Waals surface area contributed by atoms with Crippen LogP contribution >= 0.6 is 0 Å². The van der Waals surface area contributed by atoms with Crippen molar-refractivity contribution in [2.24, 2.45) is 11.8 Å². The molecule has 92 valence electrons. The van der Waals surface area contributed by atoms with E-state index in [0.29, 0.717) is 0 Å². The Kier molecular flexibility index (Phi) is 16.8. The SMILES string of the molecule is CC(C)C(=O)O.CC(C)C(=O)O.CCC. The smallest absolute Gasteiger partial charge is 0.305 e. The number of carboxylic acids is 2. The number of hydrogen-bond acceptors (Lipinski definition) is 2. The summed E-state index contributed by atoms with van der Waals surface area (Å²) in [6.07, 6.45) is 1.25. The first-order valence-electron chi connectivity index (χ1n) is 5.16. The highest BCUT2D eigenvalue weighted by Gasteiger charge is 1.99. The molecule has 0 fully saturated rings. The molecule has 0 aliphatic heterocycles. The van der Waals surface area contributed by atoms with Crippen LogP contribution in [0.15, 0.2) is 0 Å². The zero-order valence-electron chi connectivity index (χ0n) is 10.6. The van der Waals surface area contributed by atoms with E-state index in [0.717, 1.165) is 0 Å². The molecule has 4 nitrogen and oxygen atoms in total. The van der Waals surface area contributed by atoms with Crippen molar-refractivity contribution in [3.63, 3.8) is 0 Å². The van der Waals surface area contributed by atoms with E-state index in [1.807, 2.05) is 0 Å². The average molecular weight is 220 g/mol. The minimum atomic E-state index is -0.741. The van der Waals surface area contributed by atoms with E-state index in [2.05, 4.69) is 13.8 Å². The van der Waals surface area contributed by atoms with Gasteiger partial charge in [-0.2, -0.15) is 0 Å². The van der Waals surface area contributed by atoms with Crippen LogP contribution in [-0.4, -0.2) is 22.2 Å². The third-order valence-corrected chi connectivity index (χ3v) is 0.988. The van der Waals surface area contributed by atoms with E-state index >= 15 is 0 Å². The van der Waals surface area contributed by atoms with Crippen LogP contribution in [-0.2, 0) is 9.59 Å². The van der Waals surface area contributed by atoms with Crippen LogP contribution < -0.4 is 0 Å². The predicted molar refractivity (Wildman–Crippen MR) is 60.9 cm³/mol. The Balaban J connectivity index is -0.000000153. The van der Waals surface area contributed by atoms with Crippen molar-refractivity contribution in [2.45, 2.75) is 48.0 Å². The van der Waals surface area contributed by atoms with Gasteiger partial charge in [-0.15, -0.1) is 0 Å². The first-order chi connectivity index (χ1) is 6.70. The molecule has 0 atom stereocenters. The summed E-state index contributed by atoms with van der Waals surface area (Å²) in [4.78, 5) is 19.4. The molecule has 2 N–H and O–H groups in total. The maximum Gasteiger partial charge on any atom is 0.305 e. The molecule has 0 radical (unpaired) electrons. The van der Waals surface area contributed by atoms with Gasteiger partial charge in [0.25, 0.3) is 0 Å². The summed E-state index contributed by atoms with van der Waals surface area (Å²) in [7, 11) is 0. The number of hydrogen-bond donors (Lipinski definition) is 2. The molecule has 0 aromatic carbocycles. The molecular formula is C11H24O4. The Morgan fingerprint density at radius 2 is 0.933 bits per heavy atom. The molecule has 15 heavy (non-hydrogen) atoms. The molecule has 0 aromatic heterocycles. The van der Waals surface area contributed by atoms with Gasteiger partial charge in [-0.1, -0.05) is 48.0 Å². The topological polar surface area (TPSA) is 74.6 Å². The standard InChI is InChI=1S/2C4H8O2.C3H8/c2*1-3(2)4(5)6;1-3-2/h2*3H,1-2H3,(H,5,6);3H2,1-2H3. The highest BCUT2D eigenvalue weighted by Crippen LogP contribution is 1.87. The second-order valence-electron chi connectivity index (χ2n) is 3.69. The van der Waals surface area contributed by atoms with Crippen LogP contribution in [0.5, 0.6) is 0 Å². The van der Waals surface area contributed by atoms with Crippen molar-refractivity contribution >= 4 is 11.9 Å². The van der Waals surface area contributed by atoms with E-state index in [1.165, 1.54) is 6.42 Å². The lowest BCUT2D eigenvalue weighted by molar-refractivity contribution is -0.141. The monoisotopic (exact) mass is 220 g/mol. The molecule has 0 aliphatic carbocycles. The van der Waals surface area contributed by atoms with Gasteiger partial charge in [-0.3, -0.25) is 9.59 Å². The van der Waals surface area contributed by atoms with Crippen LogP contribution in [0.1, 0.15) is 48.0 Å². The average Bonchev–Trinajstić information content (AvgIpc) is 2.06. The summed E-state index contributed by atoms with van der Waals surface area (Å²) in [5, 5.41) is 16.0. The fraction of sp³-hybridized carbons (Fsp3) is 0.818. The van der Waals surface area contributed by atoms with E-state index < -0.39 is 11.9 Å². The van der Waals surface area contributed by atoms with Crippen molar-refractivity contribution in [1.82, 2.24) is 0 Å². The number of carbonyl (C=O) groups is 2. The van der Waals surface area contributed by atoms with Gasteiger partial charge in [0.05, 0.1) is 11.8 Å². The maximum absolute atomic E-state index is 9.70. The molecule has 0 rings (SSSR count). The molecule has 0 amide bonds. The van der Waals surface area contributed by atoms with Gasteiger partial charge in [0.2, 0.25) is 0 Å². The van der Waals surface area contributed by atoms with Gasteiger partial charge in [-0.05, 0) is 0 Å². The van der Waals surface area contributed by atoms with E-state index in [4.69, 9.17) is 10.2 Å². The van der Waals surface area contributed by atoms with Gasteiger partial charge in [0, 0.05) is 0 Å². The second kappa shape index (κ2) is 12.9. The van der Waals surface area contributed by atoms with Crippen LogP contribution in [0, 0.1) is 11.8 Å². The van der Waals surface area contributed by atoms with Crippen molar-refractivity contribution in [3.05, 3.63) is 0 Å². The van der Waals surface area contributed by atoms with E-state index in [-0.39, 0.29) is 11.8 Å². The largest absolute Gasteiger partial charge is 0.481 e. The molecule has 0 aromatic rings. The molecule has 0 unspecified atom stereocenters. The van der Waals surface area contributed by atoms with Gasteiger partial charge in [0.15, 0.2) is 0 Å². The summed E-state index contributed by atoms with van der Waals surface area (Å²) in [5.74, 6) is -1.94. The predicted octanol–water partition coefficient (Wildman–Crippen LogP) is 2.87. The third kappa shape index (κ3) is 32.2. The van der Waals surface area contributed by atoms with Gasteiger partial charge in [-0.25, -0.2) is 0 Å². The van der Waals surface area contributed by atoms with Crippen LogP contribution in [0.25, 0.3) is 0 Å². The summed E-state index contributed by atoms with van der Waals surface area (Å²) < 4.78 is 0. The van der Waals surface area contributed by atoms with Crippen molar-refractivity contribution in [2.75, 3.05) is 0 Å². The fourth-order valence-electron chi connectivity index (χ4n) is 0. The molecule has 0 spiro atoms. The van der Waals surface area contributed by atoms with E-state index in [1.54, 1.807) is 27.7 Å². The van der Waals surface area contributed by atoms with Crippen molar-refractivity contribution in [1.29, 1.82) is 0 Å². The van der Waals surface area contributed by atoms with Gasteiger partial charge in [0.1, 0.15) is 0 Å². The first kappa shape index (κ1) is 19.5. The quantitative estimate of drug-likeness (QED) is 0.750. The molecule has 0 saturated carbocycles. The summed E-state index contributed by atoms with van der Waals surface area (Å²) in [6.45, 7) is 10.8. The highest BCUT2D eigenvalue weighted by atomic mass is 16.4. The molecular weight excluding hydrogens is 196 g/mol. The fourth-order valence-corrected chi connectivity index (χ4v) is 0. The lowest BCUT2D eigenvalue weighted by atomic mass is 10.2. The van der Waals surface area contributed by atoms with Crippen LogP contribution in [0.4, 0.5) is 0 Å². The Hall–Kier alpha value is -1.06. The Bertz CT molecular complexity index is 144. The zero-order chi connectivity index (χ0) is 13.0. The highest BCUT2D eigenvalue weighted by molar-refractivity contribution is 5.69. The van der Waals surface area contributed by atoms with Gasteiger partial charge < -0.3 is 10.2 Å². The summed E-state index contributed by atoms with van der Waals surface area (Å²) >= 11 is 0. The molecule has 4 heteroatoms. The van der Waals surface area contributed by atoms with Crippen LogP contribution in [0.3, 0.4) is 0 Å². The maximum atomic E-state index is 9.70. The number of aliphatic carboxylic acids is 2. The summed E-state index contributed by atoms with van der Waals surface area (Å²) in [5.41, 5.74) is 0.